The molecule has 0 saturated carbocycles. The lowest BCUT2D eigenvalue weighted by Gasteiger charge is -2.12. The van der Waals surface area contributed by atoms with Crippen molar-refractivity contribution in [2.75, 3.05) is 5.88 Å². The van der Waals surface area contributed by atoms with Gasteiger partial charge in [0, 0.05) is 18.1 Å². The molecule has 2 heteroatoms. The van der Waals surface area contributed by atoms with Crippen molar-refractivity contribution in [2.24, 2.45) is 0 Å². The second-order valence-electron chi connectivity index (χ2n) is 5.55. The van der Waals surface area contributed by atoms with E-state index in [9.17, 15) is 0 Å². The van der Waals surface area contributed by atoms with Crippen molar-refractivity contribution < 1.29 is 0 Å². The van der Waals surface area contributed by atoms with Gasteiger partial charge >= 0.3 is 0 Å². The van der Waals surface area contributed by atoms with Crippen molar-refractivity contribution in [3.05, 3.63) is 102 Å². The Hall–Kier alpha value is -2.51. The first kappa shape index (κ1) is 16.4. The monoisotopic (exact) mass is 333 g/mol. The van der Waals surface area contributed by atoms with E-state index in [0.29, 0.717) is 5.88 Å². The summed E-state index contributed by atoms with van der Waals surface area (Å²) in [4.78, 5) is 0. The molecule has 0 aliphatic heterocycles. The van der Waals surface area contributed by atoms with Crippen molar-refractivity contribution in [1.29, 1.82) is 0 Å². The van der Waals surface area contributed by atoms with Crippen molar-refractivity contribution >= 4 is 17.3 Å². The molecule has 0 bridgehead atoms. The van der Waals surface area contributed by atoms with Crippen LogP contribution in [0.4, 0.5) is 0 Å². The maximum atomic E-state index is 5.94. The number of hydrogen-bond acceptors (Lipinski definition) is 1. The van der Waals surface area contributed by atoms with Crippen LogP contribution >= 0.6 is 11.6 Å². The summed E-state index contributed by atoms with van der Waals surface area (Å²) in [5.74, 6) is 0.484. The van der Waals surface area contributed by atoms with Crippen LogP contribution in [0.25, 0.3) is 16.8 Å². The van der Waals surface area contributed by atoms with Gasteiger partial charge in [-0.3, -0.25) is 0 Å². The molecule has 0 amide bonds. The fourth-order valence-electron chi connectivity index (χ4n) is 2.64. The van der Waals surface area contributed by atoms with E-state index in [1.807, 2.05) is 18.2 Å². The van der Waals surface area contributed by atoms with Crippen LogP contribution in [0.5, 0.6) is 0 Å². The van der Waals surface area contributed by atoms with Crippen molar-refractivity contribution in [3.63, 3.8) is 0 Å². The number of alkyl halides is 1. The molecule has 1 nitrogen and oxygen atoms in total. The lowest BCUT2D eigenvalue weighted by Crippen LogP contribution is -2.12. The smallest absolute Gasteiger partial charge is 0.0427 e. The van der Waals surface area contributed by atoms with Gasteiger partial charge in [0.05, 0.1) is 0 Å². The molecule has 120 valence electrons. The van der Waals surface area contributed by atoms with Crippen LogP contribution in [-0.4, -0.2) is 5.88 Å². The van der Waals surface area contributed by atoms with Gasteiger partial charge in [-0.1, -0.05) is 84.9 Å². The Kier molecular flexibility index (Phi) is 5.70. The van der Waals surface area contributed by atoms with Gasteiger partial charge in [0.2, 0.25) is 0 Å². The molecule has 0 aliphatic carbocycles. The summed E-state index contributed by atoms with van der Waals surface area (Å²) in [5, 5.41) is 3.49. The molecular formula is C22H20ClN. The van der Waals surface area contributed by atoms with E-state index in [2.05, 4.69) is 78.1 Å². The van der Waals surface area contributed by atoms with Crippen LogP contribution in [0.15, 0.2) is 91.0 Å². The summed E-state index contributed by atoms with van der Waals surface area (Å²) in [6.45, 7) is 0.782. The lowest BCUT2D eigenvalue weighted by atomic mass is 10.0. The van der Waals surface area contributed by atoms with Crippen LogP contribution in [0.1, 0.15) is 11.1 Å². The Morgan fingerprint density at radius 3 is 1.96 bits per heavy atom. The van der Waals surface area contributed by atoms with Crippen molar-refractivity contribution in [1.82, 2.24) is 5.32 Å². The molecule has 0 heterocycles. The Bertz CT molecular complexity index is 777. The van der Waals surface area contributed by atoms with Gasteiger partial charge in [-0.05, 0) is 28.3 Å². The highest BCUT2D eigenvalue weighted by Gasteiger charge is 2.03. The Morgan fingerprint density at radius 2 is 1.33 bits per heavy atom. The van der Waals surface area contributed by atoms with E-state index in [1.165, 1.54) is 16.7 Å². The molecule has 1 N–H and O–H groups in total. The molecular weight excluding hydrogens is 314 g/mol. The van der Waals surface area contributed by atoms with E-state index in [1.54, 1.807) is 0 Å². The maximum absolute atomic E-state index is 5.94. The van der Waals surface area contributed by atoms with Crippen LogP contribution < -0.4 is 5.32 Å². The third-order valence-electron chi connectivity index (χ3n) is 3.91. The average molecular weight is 334 g/mol. The highest BCUT2D eigenvalue weighted by molar-refractivity contribution is 6.19. The van der Waals surface area contributed by atoms with Gasteiger partial charge in [-0.2, -0.15) is 0 Å². The molecule has 3 aromatic carbocycles. The first-order valence-electron chi connectivity index (χ1n) is 8.06. The molecule has 0 aromatic heterocycles. The number of hydrogen-bond donors (Lipinski definition) is 1. The molecule has 0 fully saturated rings. The number of allylic oxidation sites excluding steroid dienone is 1. The number of halogens is 1. The quantitative estimate of drug-likeness (QED) is 0.568. The molecule has 0 spiro atoms. The van der Waals surface area contributed by atoms with Crippen LogP contribution in [0.2, 0.25) is 0 Å². The largest absolute Gasteiger partial charge is 0.381 e. The van der Waals surface area contributed by atoms with E-state index >= 15 is 0 Å². The molecule has 0 radical (unpaired) electrons. The molecule has 24 heavy (non-hydrogen) atoms. The standard InChI is InChI=1S/C22H20ClN/c23-16-15-22(24-17-18-7-3-1-4-8-18)21-13-11-20(12-14-21)19-9-5-2-6-10-19/h1-15,24H,16-17H2/b22-15-. The SMILES string of the molecule is ClC/C=C(\NCc1ccccc1)c1ccc(-c2ccccc2)cc1. The number of nitrogens with one attached hydrogen (secondary N) is 1. The van der Waals surface area contributed by atoms with Crippen molar-refractivity contribution in [3.8, 4) is 11.1 Å². The molecule has 0 unspecified atom stereocenters. The minimum atomic E-state index is 0.484. The summed E-state index contributed by atoms with van der Waals surface area (Å²) in [6.07, 6.45) is 2.02. The molecule has 3 aromatic rings. The third kappa shape index (κ3) is 4.27. The molecule has 0 saturated heterocycles. The first-order chi connectivity index (χ1) is 11.9. The Labute approximate surface area is 148 Å². The first-order valence-corrected chi connectivity index (χ1v) is 8.60. The maximum Gasteiger partial charge on any atom is 0.0427 e. The fraction of sp³-hybridized carbons (Fsp3) is 0.0909. The lowest BCUT2D eigenvalue weighted by molar-refractivity contribution is 0.888. The highest BCUT2D eigenvalue weighted by atomic mass is 35.5. The van der Waals surface area contributed by atoms with Gasteiger partial charge < -0.3 is 5.32 Å². The molecule has 3 rings (SSSR count). The summed E-state index contributed by atoms with van der Waals surface area (Å²) in [6, 6.07) is 29.3. The van der Waals surface area contributed by atoms with E-state index in [-0.39, 0.29) is 0 Å². The summed E-state index contributed by atoms with van der Waals surface area (Å²) in [7, 11) is 0. The second kappa shape index (κ2) is 8.37. The van der Waals surface area contributed by atoms with Crippen LogP contribution in [0.3, 0.4) is 0 Å². The summed E-state index contributed by atoms with van der Waals surface area (Å²) < 4.78 is 0. The van der Waals surface area contributed by atoms with E-state index in [0.717, 1.165) is 17.8 Å². The number of benzene rings is 3. The highest BCUT2D eigenvalue weighted by Crippen LogP contribution is 2.22. The normalized spacial score (nSPS) is 11.3. The van der Waals surface area contributed by atoms with E-state index < -0.39 is 0 Å². The fourth-order valence-corrected chi connectivity index (χ4v) is 2.79. The van der Waals surface area contributed by atoms with Gasteiger partial charge in [0.25, 0.3) is 0 Å². The molecule has 0 aliphatic rings. The zero-order valence-corrected chi connectivity index (χ0v) is 14.2. The Balaban J connectivity index is 1.75. The van der Waals surface area contributed by atoms with Gasteiger partial charge in [0.1, 0.15) is 0 Å². The Morgan fingerprint density at radius 1 is 0.750 bits per heavy atom. The van der Waals surface area contributed by atoms with Crippen molar-refractivity contribution in [2.45, 2.75) is 6.54 Å². The van der Waals surface area contributed by atoms with E-state index in [4.69, 9.17) is 11.6 Å². The van der Waals surface area contributed by atoms with Gasteiger partial charge in [0.15, 0.2) is 0 Å². The summed E-state index contributed by atoms with van der Waals surface area (Å²) >= 11 is 5.94. The third-order valence-corrected chi connectivity index (χ3v) is 4.06. The van der Waals surface area contributed by atoms with Gasteiger partial charge in [-0.15, -0.1) is 11.6 Å². The predicted molar refractivity (Wildman–Crippen MR) is 104 cm³/mol. The predicted octanol–water partition coefficient (Wildman–Crippen LogP) is 5.72. The minimum absolute atomic E-state index is 0.484. The zero-order valence-electron chi connectivity index (χ0n) is 13.5. The van der Waals surface area contributed by atoms with Crippen LogP contribution in [0, 0.1) is 0 Å². The topological polar surface area (TPSA) is 12.0 Å². The number of rotatable bonds is 6. The van der Waals surface area contributed by atoms with Gasteiger partial charge in [-0.25, -0.2) is 0 Å². The zero-order chi connectivity index (χ0) is 16.6. The summed E-state index contributed by atoms with van der Waals surface area (Å²) in [5.41, 5.74) is 5.90. The average Bonchev–Trinajstić information content (AvgIpc) is 2.67. The minimum Gasteiger partial charge on any atom is -0.381 e. The van der Waals surface area contributed by atoms with Crippen LogP contribution in [-0.2, 0) is 6.54 Å². The molecule has 0 atom stereocenters. The second-order valence-corrected chi connectivity index (χ2v) is 5.86.